The molecule has 0 fully saturated rings. The predicted octanol–water partition coefficient (Wildman–Crippen LogP) is 3.42. The highest BCUT2D eigenvalue weighted by molar-refractivity contribution is 7.98. The first-order chi connectivity index (χ1) is 11.9. The Morgan fingerprint density at radius 3 is 2.64 bits per heavy atom. The summed E-state index contributed by atoms with van der Waals surface area (Å²) in [5, 5.41) is 13.6. The quantitative estimate of drug-likeness (QED) is 0.367. The van der Waals surface area contributed by atoms with Gasteiger partial charge in [0.15, 0.2) is 6.61 Å². The van der Waals surface area contributed by atoms with Crippen LogP contribution in [0.2, 0.25) is 0 Å². The Labute approximate surface area is 148 Å². The highest BCUT2D eigenvalue weighted by Gasteiger charge is 2.17. The number of carbonyl (C=O) groups is 2. The molecule has 0 unspecified atom stereocenters. The fourth-order valence-corrected chi connectivity index (χ4v) is 2.64. The van der Waals surface area contributed by atoms with E-state index in [1.54, 1.807) is 19.1 Å². The van der Waals surface area contributed by atoms with Crippen LogP contribution in [0.15, 0.2) is 47.4 Å². The first-order valence-electron chi connectivity index (χ1n) is 7.27. The molecule has 0 aliphatic rings. The molecule has 0 heterocycles. The molecule has 0 aliphatic heterocycles. The van der Waals surface area contributed by atoms with Crippen molar-refractivity contribution in [2.75, 3.05) is 18.2 Å². The molecule has 1 amide bonds. The molecule has 0 radical (unpaired) electrons. The van der Waals surface area contributed by atoms with Crippen molar-refractivity contribution in [2.24, 2.45) is 0 Å². The Bertz CT molecular complexity index is 822. The summed E-state index contributed by atoms with van der Waals surface area (Å²) in [6.45, 7) is 1.09. The summed E-state index contributed by atoms with van der Waals surface area (Å²) in [5.74, 6) is -1.28. The number of ether oxygens (including phenoxy) is 1. The minimum Gasteiger partial charge on any atom is -0.452 e. The number of carbonyl (C=O) groups excluding carboxylic acids is 2. The van der Waals surface area contributed by atoms with Gasteiger partial charge in [0.25, 0.3) is 11.6 Å². The number of nitrogens with one attached hydrogen (secondary N) is 1. The number of esters is 1. The first kappa shape index (κ1) is 18.5. The summed E-state index contributed by atoms with van der Waals surface area (Å²) in [7, 11) is 0. The number of aryl methyl sites for hydroxylation is 1. The largest absolute Gasteiger partial charge is 0.452 e. The fraction of sp³-hybridized carbons (Fsp3) is 0.176. The molecule has 0 atom stereocenters. The van der Waals surface area contributed by atoms with Crippen LogP contribution in [0.1, 0.15) is 15.9 Å². The van der Waals surface area contributed by atoms with Crippen molar-refractivity contribution in [3.05, 3.63) is 63.7 Å². The van der Waals surface area contributed by atoms with Gasteiger partial charge in [-0.1, -0.05) is 18.2 Å². The zero-order valence-corrected chi connectivity index (χ0v) is 14.5. The molecule has 1 N–H and O–H groups in total. The van der Waals surface area contributed by atoms with E-state index >= 15 is 0 Å². The van der Waals surface area contributed by atoms with Crippen LogP contribution in [0.3, 0.4) is 0 Å². The van der Waals surface area contributed by atoms with Crippen LogP contribution in [-0.4, -0.2) is 29.7 Å². The number of nitrogens with zero attached hydrogens (tertiary/aromatic N) is 1. The summed E-state index contributed by atoms with van der Waals surface area (Å²) in [6, 6.07) is 11.3. The first-order valence-corrected chi connectivity index (χ1v) is 8.50. The molecule has 2 aromatic rings. The molecule has 25 heavy (non-hydrogen) atoms. The second-order valence-corrected chi connectivity index (χ2v) is 5.93. The van der Waals surface area contributed by atoms with Gasteiger partial charge in [-0.3, -0.25) is 14.9 Å². The standard InChI is InChI=1S/C17H16N2O5S/c1-11-7-8-12(9-14(11)19(22)23)17(21)24-10-16(20)18-13-5-3-4-6-15(13)25-2/h3-9H,10H2,1-2H3,(H,18,20). The van der Waals surface area contributed by atoms with Crippen LogP contribution in [0.5, 0.6) is 0 Å². The Balaban J connectivity index is 1.99. The molecule has 7 nitrogen and oxygen atoms in total. The van der Waals surface area contributed by atoms with Gasteiger partial charge in [0, 0.05) is 16.5 Å². The van der Waals surface area contributed by atoms with Gasteiger partial charge in [-0.2, -0.15) is 0 Å². The molecular formula is C17H16N2O5S. The van der Waals surface area contributed by atoms with E-state index in [2.05, 4.69) is 5.32 Å². The molecule has 0 spiro atoms. The van der Waals surface area contributed by atoms with Crippen LogP contribution in [0.25, 0.3) is 0 Å². The topological polar surface area (TPSA) is 98.5 Å². The zero-order chi connectivity index (χ0) is 18.4. The number of rotatable bonds is 6. The third-order valence-corrected chi connectivity index (χ3v) is 4.15. The summed E-state index contributed by atoms with van der Waals surface area (Å²) in [6.07, 6.45) is 1.88. The van der Waals surface area contributed by atoms with E-state index in [0.29, 0.717) is 11.3 Å². The second kappa shape index (κ2) is 8.29. The highest BCUT2D eigenvalue weighted by atomic mass is 32.2. The van der Waals surface area contributed by atoms with Crippen LogP contribution >= 0.6 is 11.8 Å². The molecule has 2 aromatic carbocycles. The maximum atomic E-state index is 12.0. The van der Waals surface area contributed by atoms with Crippen molar-refractivity contribution in [3.63, 3.8) is 0 Å². The van der Waals surface area contributed by atoms with E-state index in [9.17, 15) is 19.7 Å². The second-order valence-electron chi connectivity index (χ2n) is 5.08. The van der Waals surface area contributed by atoms with Gasteiger partial charge >= 0.3 is 5.97 Å². The number of nitro benzene ring substituents is 1. The van der Waals surface area contributed by atoms with Gasteiger partial charge in [-0.25, -0.2) is 4.79 Å². The van der Waals surface area contributed by atoms with Crippen molar-refractivity contribution in [1.29, 1.82) is 0 Å². The van der Waals surface area contributed by atoms with Gasteiger partial charge in [0.1, 0.15) is 0 Å². The number of hydrogen-bond acceptors (Lipinski definition) is 6. The van der Waals surface area contributed by atoms with E-state index in [-0.39, 0.29) is 11.3 Å². The number of anilines is 1. The van der Waals surface area contributed by atoms with Crippen LogP contribution in [0.4, 0.5) is 11.4 Å². The van der Waals surface area contributed by atoms with E-state index < -0.39 is 23.4 Å². The van der Waals surface area contributed by atoms with Crippen molar-refractivity contribution in [2.45, 2.75) is 11.8 Å². The van der Waals surface area contributed by atoms with E-state index in [0.717, 1.165) is 11.0 Å². The lowest BCUT2D eigenvalue weighted by Gasteiger charge is -2.09. The van der Waals surface area contributed by atoms with Crippen molar-refractivity contribution in [1.82, 2.24) is 0 Å². The normalized spacial score (nSPS) is 10.2. The van der Waals surface area contributed by atoms with Crippen molar-refractivity contribution < 1.29 is 19.2 Å². The number of thioether (sulfide) groups is 1. The molecule has 0 aromatic heterocycles. The van der Waals surface area contributed by atoms with Gasteiger partial charge in [-0.15, -0.1) is 11.8 Å². The van der Waals surface area contributed by atoms with Crippen LogP contribution < -0.4 is 5.32 Å². The minimum atomic E-state index is -0.795. The lowest BCUT2D eigenvalue weighted by molar-refractivity contribution is -0.385. The number of para-hydroxylation sites is 1. The maximum Gasteiger partial charge on any atom is 0.338 e. The molecule has 2 rings (SSSR count). The molecule has 0 aliphatic carbocycles. The average Bonchev–Trinajstić information content (AvgIpc) is 2.60. The van der Waals surface area contributed by atoms with E-state index in [4.69, 9.17) is 4.74 Å². The van der Waals surface area contributed by atoms with Crippen molar-refractivity contribution in [3.8, 4) is 0 Å². The Hall–Kier alpha value is -2.87. The molecule has 8 heteroatoms. The summed E-state index contributed by atoms with van der Waals surface area (Å²) in [4.78, 5) is 35.1. The molecular weight excluding hydrogens is 344 g/mol. The summed E-state index contributed by atoms with van der Waals surface area (Å²) < 4.78 is 4.93. The molecule has 0 bridgehead atoms. The fourth-order valence-electron chi connectivity index (χ4n) is 2.08. The number of amides is 1. The summed E-state index contributed by atoms with van der Waals surface area (Å²) >= 11 is 1.48. The van der Waals surface area contributed by atoms with E-state index in [1.807, 2.05) is 18.4 Å². The monoisotopic (exact) mass is 360 g/mol. The third kappa shape index (κ3) is 4.80. The van der Waals surface area contributed by atoms with Gasteiger partial charge in [0.2, 0.25) is 0 Å². The van der Waals surface area contributed by atoms with Crippen LogP contribution in [-0.2, 0) is 9.53 Å². The van der Waals surface area contributed by atoms with Crippen molar-refractivity contribution >= 4 is 35.0 Å². The Kier molecular flexibility index (Phi) is 6.13. The SMILES string of the molecule is CSc1ccccc1NC(=O)COC(=O)c1ccc(C)c([N+](=O)[O-])c1. The number of hydrogen-bond donors (Lipinski definition) is 1. The van der Waals surface area contributed by atoms with Gasteiger partial charge < -0.3 is 10.1 Å². The van der Waals surface area contributed by atoms with Gasteiger partial charge in [-0.05, 0) is 31.4 Å². The highest BCUT2D eigenvalue weighted by Crippen LogP contribution is 2.24. The summed E-state index contributed by atoms with van der Waals surface area (Å²) in [5.41, 5.74) is 0.914. The number of benzene rings is 2. The van der Waals surface area contributed by atoms with E-state index in [1.165, 1.54) is 23.9 Å². The predicted molar refractivity (Wildman–Crippen MR) is 95.0 cm³/mol. The minimum absolute atomic E-state index is 0.0228. The average molecular weight is 360 g/mol. The third-order valence-electron chi connectivity index (χ3n) is 3.36. The lowest BCUT2D eigenvalue weighted by atomic mass is 10.1. The van der Waals surface area contributed by atoms with Gasteiger partial charge in [0.05, 0.1) is 16.2 Å². The molecule has 0 saturated heterocycles. The molecule has 130 valence electrons. The smallest absolute Gasteiger partial charge is 0.338 e. The maximum absolute atomic E-state index is 12.0. The Morgan fingerprint density at radius 2 is 1.96 bits per heavy atom. The van der Waals surface area contributed by atoms with Crippen LogP contribution in [0, 0.1) is 17.0 Å². The Morgan fingerprint density at radius 1 is 1.24 bits per heavy atom. The zero-order valence-electron chi connectivity index (χ0n) is 13.6. The lowest BCUT2D eigenvalue weighted by Crippen LogP contribution is -2.21. The molecule has 0 saturated carbocycles. The number of nitro groups is 1.